The lowest BCUT2D eigenvalue weighted by Gasteiger charge is -2.34. The number of anilines is 2. The van der Waals surface area contributed by atoms with Crippen LogP contribution in [0.25, 0.3) is 0 Å². The summed E-state index contributed by atoms with van der Waals surface area (Å²) < 4.78 is 11.3. The molecule has 2 aromatic carbocycles. The quantitative estimate of drug-likeness (QED) is 0.677. The van der Waals surface area contributed by atoms with Crippen molar-refractivity contribution in [2.45, 2.75) is 13.2 Å². The second kappa shape index (κ2) is 8.75. The first kappa shape index (κ1) is 18.3. The largest absolute Gasteiger partial charge is 0.484 e. The van der Waals surface area contributed by atoms with E-state index >= 15 is 0 Å². The Morgan fingerprint density at radius 3 is 2.39 bits per heavy atom. The number of rotatable bonds is 7. The Labute approximate surface area is 164 Å². The number of hydrogen-bond acceptors (Lipinski definition) is 7. The minimum absolute atomic E-state index is 0.261. The first-order valence-corrected chi connectivity index (χ1v) is 9.53. The Kier molecular flexibility index (Phi) is 5.72. The van der Waals surface area contributed by atoms with Gasteiger partial charge in [0.15, 0.2) is 6.61 Å². The number of piperazine rings is 1. The molecule has 2 heterocycles. The van der Waals surface area contributed by atoms with E-state index < -0.39 is 0 Å². The maximum atomic E-state index is 5.63. The van der Waals surface area contributed by atoms with Gasteiger partial charge in [-0.15, -0.1) is 10.2 Å². The summed E-state index contributed by atoms with van der Waals surface area (Å²) in [6, 6.07) is 18.1. The molecule has 4 rings (SSSR count). The molecule has 1 saturated heterocycles. The van der Waals surface area contributed by atoms with Crippen molar-refractivity contribution in [3.63, 3.8) is 0 Å². The molecular weight excluding hydrogens is 354 g/mol. The summed E-state index contributed by atoms with van der Waals surface area (Å²) in [6.07, 6.45) is 0. The molecule has 1 aromatic heterocycles. The Morgan fingerprint density at radius 2 is 1.64 bits per heavy atom. The first-order valence-electron chi connectivity index (χ1n) is 9.53. The zero-order chi connectivity index (χ0) is 19.2. The monoisotopic (exact) mass is 379 g/mol. The summed E-state index contributed by atoms with van der Waals surface area (Å²) in [7, 11) is 2.17. The van der Waals surface area contributed by atoms with E-state index in [1.165, 1.54) is 5.69 Å². The molecule has 7 heteroatoms. The normalized spacial score (nSPS) is 14.8. The first-order chi connectivity index (χ1) is 13.8. The fourth-order valence-corrected chi connectivity index (χ4v) is 3.11. The van der Waals surface area contributed by atoms with Crippen molar-refractivity contribution in [2.24, 2.45) is 0 Å². The van der Waals surface area contributed by atoms with Gasteiger partial charge in [0.25, 0.3) is 5.89 Å². The lowest BCUT2D eigenvalue weighted by Crippen LogP contribution is -2.44. The lowest BCUT2D eigenvalue weighted by atomic mass is 10.2. The summed E-state index contributed by atoms with van der Waals surface area (Å²) >= 11 is 0. The minimum atomic E-state index is 0.261. The highest BCUT2D eigenvalue weighted by atomic mass is 16.5. The second-order valence-corrected chi connectivity index (χ2v) is 6.88. The van der Waals surface area contributed by atoms with Crippen LogP contribution in [0.5, 0.6) is 5.75 Å². The maximum Gasteiger partial charge on any atom is 0.253 e. The predicted octanol–water partition coefficient (Wildman–Crippen LogP) is 3.01. The number of likely N-dealkylation sites (N-methyl/N-ethyl adjacent to an activating group) is 1. The maximum absolute atomic E-state index is 5.63. The third kappa shape index (κ3) is 4.80. The van der Waals surface area contributed by atoms with Crippen LogP contribution in [0.4, 0.5) is 11.4 Å². The molecular formula is C21H25N5O2. The highest BCUT2D eigenvalue weighted by Crippen LogP contribution is 2.20. The molecule has 3 aromatic rings. The third-order valence-electron chi connectivity index (χ3n) is 4.79. The standard InChI is InChI=1S/C21H25N5O2/c1-25-11-13-26(14-12-25)18-9-7-17(8-10-18)22-15-20-23-24-21(28-20)16-27-19-5-3-2-4-6-19/h2-10,22H,11-16H2,1H3. The molecule has 0 spiro atoms. The van der Waals surface area contributed by atoms with Crippen LogP contribution in [0.2, 0.25) is 0 Å². The van der Waals surface area contributed by atoms with Gasteiger partial charge in [-0.05, 0) is 43.4 Å². The van der Waals surface area contributed by atoms with Crippen LogP contribution in [0.15, 0.2) is 59.0 Å². The molecule has 0 radical (unpaired) electrons. The van der Waals surface area contributed by atoms with Gasteiger partial charge in [-0.2, -0.15) is 0 Å². The van der Waals surface area contributed by atoms with Crippen LogP contribution in [0.3, 0.4) is 0 Å². The molecule has 146 valence electrons. The van der Waals surface area contributed by atoms with E-state index in [-0.39, 0.29) is 6.61 Å². The van der Waals surface area contributed by atoms with Crippen molar-refractivity contribution in [3.05, 3.63) is 66.4 Å². The summed E-state index contributed by atoms with van der Waals surface area (Å²) in [5.74, 6) is 1.78. The lowest BCUT2D eigenvalue weighted by molar-refractivity contribution is 0.259. The van der Waals surface area contributed by atoms with Crippen molar-refractivity contribution in [1.29, 1.82) is 0 Å². The number of para-hydroxylation sites is 1. The molecule has 0 bridgehead atoms. The van der Waals surface area contributed by atoms with Crippen LogP contribution in [0, 0.1) is 0 Å². The zero-order valence-corrected chi connectivity index (χ0v) is 16.0. The number of aromatic nitrogens is 2. The number of benzene rings is 2. The van der Waals surface area contributed by atoms with Gasteiger partial charge in [0, 0.05) is 37.6 Å². The van der Waals surface area contributed by atoms with E-state index in [0.717, 1.165) is 37.6 Å². The Bertz CT molecular complexity index is 858. The van der Waals surface area contributed by atoms with E-state index in [0.29, 0.717) is 18.3 Å². The SMILES string of the molecule is CN1CCN(c2ccc(NCc3nnc(COc4ccccc4)o3)cc2)CC1. The minimum Gasteiger partial charge on any atom is -0.484 e. The van der Waals surface area contributed by atoms with Crippen LogP contribution in [-0.4, -0.2) is 48.3 Å². The van der Waals surface area contributed by atoms with Gasteiger partial charge in [0.2, 0.25) is 5.89 Å². The van der Waals surface area contributed by atoms with Gasteiger partial charge in [0.05, 0.1) is 6.54 Å². The molecule has 0 amide bonds. The van der Waals surface area contributed by atoms with E-state index in [1.54, 1.807) is 0 Å². The van der Waals surface area contributed by atoms with Gasteiger partial charge in [-0.3, -0.25) is 0 Å². The van der Waals surface area contributed by atoms with Crippen LogP contribution >= 0.6 is 0 Å². The summed E-state index contributed by atoms with van der Waals surface area (Å²) in [5, 5.41) is 11.4. The second-order valence-electron chi connectivity index (χ2n) is 6.88. The summed E-state index contributed by atoms with van der Waals surface area (Å²) in [5.41, 5.74) is 2.29. The smallest absolute Gasteiger partial charge is 0.253 e. The third-order valence-corrected chi connectivity index (χ3v) is 4.79. The molecule has 28 heavy (non-hydrogen) atoms. The average Bonchev–Trinajstić information content (AvgIpc) is 3.20. The van der Waals surface area contributed by atoms with Crippen molar-refractivity contribution in [2.75, 3.05) is 43.4 Å². The topological polar surface area (TPSA) is 66.7 Å². The molecule has 1 fully saturated rings. The fraction of sp³-hybridized carbons (Fsp3) is 0.333. The number of nitrogens with one attached hydrogen (secondary N) is 1. The van der Waals surface area contributed by atoms with E-state index in [4.69, 9.17) is 9.15 Å². The molecule has 1 aliphatic rings. The van der Waals surface area contributed by atoms with E-state index in [9.17, 15) is 0 Å². The Morgan fingerprint density at radius 1 is 0.929 bits per heavy atom. The predicted molar refractivity (Wildman–Crippen MR) is 109 cm³/mol. The number of ether oxygens (including phenoxy) is 1. The van der Waals surface area contributed by atoms with Gasteiger partial charge in [-0.1, -0.05) is 18.2 Å². The molecule has 1 N–H and O–H groups in total. The van der Waals surface area contributed by atoms with Crippen molar-refractivity contribution in [3.8, 4) is 5.75 Å². The zero-order valence-electron chi connectivity index (χ0n) is 16.0. The van der Waals surface area contributed by atoms with Gasteiger partial charge < -0.3 is 24.3 Å². The van der Waals surface area contributed by atoms with Crippen molar-refractivity contribution in [1.82, 2.24) is 15.1 Å². The van der Waals surface area contributed by atoms with Gasteiger partial charge >= 0.3 is 0 Å². The van der Waals surface area contributed by atoms with Gasteiger partial charge in [-0.25, -0.2) is 0 Å². The Balaban J connectivity index is 1.26. The Hall–Kier alpha value is -3.06. The summed E-state index contributed by atoms with van der Waals surface area (Å²) in [6.45, 7) is 5.09. The molecule has 1 aliphatic heterocycles. The molecule has 7 nitrogen and oxygen atoms in total. The average molecular weight is 379 g/mol. The summed E-state index contributed by atoms with van der Waals surface area (Å²) in [4.78, 5) is 4.77. The molecule has 0 atom stereocenters. The molecule has 0 saturated carbocycles. The van der Waals surface area contributed by atoms with E-state index in [1.807, 2.05) is 30.3 Å². The molecule has 0 unspecified atom stereocenters. The van der Waals surface area contributed by atoms with E-state index in [2.05, 4.69) is 56.6 Å². The highest BCUT2D eigenvalue weighted by molar-refractivity contribution is 5.55. The van der Waals surface area contributed by atoms with Crippen LogP contribution in [-0.2, 0) is 13.2 Å². The van der Waals surface area contributed by atoms with Crippen molar-refractivity contribution < 1.29 is 9.15 Å². The molecule has 0 aliphatic carbocycles. The fourth-order valence-electron chi connectivity index (χ4n) is 3.11. The number of nitrogens with zero attached hydrogens (tertiary/aromatic N) is 4. The van der Waals surface area contributed by atoms with Crippen LogP contribution in [0.1, 0.15) is 11.8 Å². The number of hydrogen-bond donors (Lipinski definition) is 1. The van der Waals surface area contributed by atoms with Crippen LogP contribution < -0.4 is 15.0 Å². The van der Waals surface area contributed by atoms with Crippen molar-refractivity contribution >= 4 is 11.4 Å². The highest BCUT2D eigenvalue weighted by Gasteiger charge is 2.14. The van der Waals surface area contributed by atoms with Gasteiger partial charge in [0.1, 0.15) is 5.75 Å².